The van der Waals surface area contributed by atoms with Crippen LogP contribution in [0, 0.1) is 12.7 Å². The van der Waals surface area contributed by atoms with Crippen molar-refractivity contribution in [3.8, 4) is 0 Å². The molecule has 4 heteroatoms. The maximum Gasteiger partial charge on any atom is 0.307 e. The van der Waals surface area contributed by atoms with Gasteiger partial charge >= 0.3 is 5.92 Å². The van der Waals surface area contributed by atoms with Crippen LogP contribution >= 0.6 is 0 Å². The van der Waals surface area contributed by atoms with Crippen molar-refractivity contribution in [2.45, 2.75) is 19.8 Å². The number of halogens is 3. The zero-order chi connectivity index (χ0) is 10.9. The molecule has 1 nitrogen and oxygen atoms in total. The lowest BCUT2D eigenvalue weighted by molar-refractivity contribution is 0.0220. The highest BCUT2D eigenvalue weighted by Gasteiger charge is 2.34. The van der Waals surface area contributed by atoms with Crippen LogP contribution in [0.4, 0.5) is 13.2 Å². The zero-order valence-corrected chi connectivity index (χ0v) is 7.77. The molecular formula is C10H9F3O. The van der Waals surface area contributed by atoms with Gasteiger partial charge in [-0.3, -0.25) is 4.79 Å². The number of carbonyl (C=O) groups is 1. The highest BCUT2D eigenvalue weighted by Crippen LogP contribution is 2.21. The first kappa shape index (κ1) is 10.8. The van der Waals surface area contributed by atoms with Gasteiger partial charge in [0.25, 0.3) is 0 Å². The summed E-state index contributed by atoms with van der Waals surface area (Å²) >= 11 is 0. The van der Waals surface area contributed by atoms with Gasteiger partial charge in [0, 0.05) is 12.5 Å². The van der Waals surface area contributed by atoms with Crippen molar-refractivity contribution in [2.75, 3.05) is 0 Å². The van der Waals surface area contributed by atoms with Crippen molar-refractivity contribution in [1.29, 1.82) is 0 Å². The number of benzene rings is 1. The second-order valence-corrected chi connectivity index (χ2v) is 3.18. The molecule has 0 aliphatic heterocycles. The predicted molar refractivity (Wildman–Crippen MR) is 46.1 cm³/mol. The monoisotopic (exact) mass is 202 g/mol. The van der Waals surface area contributed by atoms with Gasteiger partial charge in [0.15, 0.2) is 0 Å². The lowest BCUT2D eigenvalue weighted by atomic mass is 10.0. The molecule has 0 bridgehead atoms. The normalized spacial score (nSPS) is 11.5. The van der Waals surface area contributed by atoms with Crippen molar-refractivity contribution in [2.24, 2.45) is 0 Å². The van der Waals surface area contributed by atoms with E-state index in [1.165, 1.54) is 13.0 Å². The summed E-state index contributed by atoms with van der Waals surface area (Å²) in [6.45, 7) is 1.98. The standard InChI is InChI=1S/C10H9F3O/c1-6-3-4-7(11)5-8(6)9(14)10(2,12)13/h3-5H,1-2H3. The Hall–Kier alpha value is -1.32. The van der Waals surface area contributed by atoms with E-state index >= 15 is 0 Å². The number of alkyl halides is 2. The summed E-state index contributed by atoms with van der Waals surface area (Å²) in [5.41, 5.74) is 0.0791. The number of rotatable bonds is 2. The molecule has 0 heterocycles. The van der Waals surface area contributed by atoms with Gasteiger partial charge in [0.1, 0.15) is 5.82 Å². The Morgan fingerprint density at radius 1 is 1.36 bits per heavy atom. The molecule has 0 spiro atoms. The van der Waals surface area contributed by atoms with Crippen LogP contribution in [-0.4, -0.2) is 11.7 Å². The Morgan fingerprint density at radius 3 is 2.43 bits per heavy atom. The molecule has 0 radical (unpaired) electrons. The van der Waals surface area contributed by atoms with Crippen LogP contribution in [0.1, 0.15) is 22.8 Å². The highest BCUT2D eigenvalue weighted by molar-refractivity contribution is 6.02. The van der Waals surface area contributed by atoms with Crippen LogP contribution in [0.25, 0.3) is 0 Å². The minimum absolute atomic E-state index is 0.266. The Kier molecular flexibility index (Phi) is 2.64. The van der Waals surface area contributed by atoms with Crippen molar-refractivity contribution >= 4 is 5.78 Å². The average Bonchev–Trinajstić information content (AvgIpc) is 2.06. The third-order valence-corrected chi connectivity index (χ3v) is 1.84. The van der Waals surface area contributed by atoms with Gasteiger partial charge in [-0.25, -0.2) is 4.39 Å². The predicted octanol–water partition coefficient (Wildman–Crippen LogP) is 2.97. The minimum Gasteiger partial charge on any atom is -0.287 e. The molecule has 0 N–H and O–H groups in total. The molecule has 14 heavy (non-hydrogen) atoms. The molecule has 1 aromatic carbocycles. The maximum absolute atomic E-state index is 12.7. The summed E-state index contributed by atoms with van der Waals surface area (Å²) in [7, 11) is 0. The maximum atomic E-state index is 12.7. The molecule has 0 fully saturated rings. The van der Waals surface area contributed by atoms with Gasteiger partial charge in [-0.2, -0.15) is 8.78 Å². The molecule has 0 amide bonds. The molecule has 0 unspecified atom stereocenters. The van der Waals surface area contributed by atoms with Gasteiger partial charge in [-0.15, -0.1) is 0 Å². The Labute approximate surface area is 79.5 Å². The van der Waals surface area contributed by atoms with Gasteiger partial charge in [0.05, 0.1) is 0 Å². The van der Waals surface area contributed by atoms with E-state index in [0.717, 1.165) is 12.1 Å². The summed E-state index contributed by atoms with van der Waals surface area (Å²) in [6, 6.07) is 3.25. The quantitative estimate of drug-likeness (QED) is 0.674. The molecule has 1 rings (SSSR count). The zero-order valence-electron chi connectivity index (χ0n) is 7.77. The van der Waals surface area contributed by atoms with Gasteiger partial charge in [-0.1, -0.05) is 6.07 Å². The number of carbonyl (C=O) groups excluding carboxylic acids is 1. The molecule has 0 aromatic heterocycles. The Balaban J connectivity index is 3.19. The first-order valence-electron chi connectivity index (χ1n) is 4.01. The molecule has 0 aliphatic carbocycles. The SMILES string of the molecule is Cc1ccc(F)cc1C(=O)C(C)(F)F. The summed E-state index contributed by atoms with van der Waals surface area (Å²) in [6.07, 6.45) is 0. The number of aryl methyl sites for hydroxylation is 1. The first-order chi connectivity index (χ1) is 6.32. The molecule has 0 saturated carbocycles. The summed E-state index contributed by atoms with van der Waals surface area (Å²) < 4.78 is 38.0. The fraction of sp³-hybridized carbons (Fsp3) is 0.300. The third-order valence-electron chi connectivity index (χ3n) is 1.84. The lowest BCUT2D eigenvalue weighted by Gasteiger charge is -2.10. The minimum atomic E-state index is -3.46. The molecular weight excluding hydrogens is 193 g/mol. The largest absolute Gasteiger partial charge is 0.307 e. The summed E-state index contributed by atoms with van der Waals surface area (Å²) in [5, 5.41) is 0. The fourth-order valence-corrected chi connectivity index (χ4v) is 1.08. The van der Waals surface area contributed by atoms with Gasteiger partial charge in [0.2, 0.25) is 5.78 Å². The molecule has 0 aliphatic rings. The second-order valence-electron chi connectivity index (χ2n) is 3.18. The Bertz CT molecular complexity index is 366. The van der Waals surface area contributed by atoms with E-state index in [4.69, 9.17) is 0 Å². The highest BCUT2D eigenvalue weighted by atomic mass is 19.3. The molecule has 0 saturated heterocycles. The van der Waals surface area contributed by atoms with E-state index in [-0.39, 0.29) is 5.56 Å². The van der Waals surface area contributed by atoms with E-state index < -0.39 is 17.5 Å². The molecule has 76 valence electrons. The third kappa shape index (κ3) is 2.13. The van der Waals surface area contributed by atoms with Crippen molar-refractivity contribution < 1.29 is 18.0 Å². The van der Waals surface area contributed by atoms with E-state index in [2.05, 4.69) is 0 Å². The molecule has 0 atom stereocenters. The van der Waals surface area contributed by atoms with E-state index in [1.54, 1.807) is 0 Å². The van der Waals surface area contributed by atoms with Gasteiger partial charge < -0.3 is 0 Å². The van der Waals surface area contributed by atoms with Crippen LogP contribution in [-0.2, 0) is 0 Å². The Morgan fingerprint density at radius 2 is 1.93 bits per heavy atom. The lowest BCUT2D eigenvalue weighted by Crippen LogP contribution is -2.25. The molecule has 1 aromatic rings. The van der Waals surface area contributed by atoms with Crippen LogP contribution in [0.3, 0.4) is 0 Å². The first-order valence-corrected chi connectivity index (χ1v) is 4.01. The number of hydrogen-bond donors (Lipinski definition) is 0. The van der Waals surface area contributed by atoms with Crippen molar-refractivity contribution in [1.82, 2.24) is 0 Å². The van der Waals surface area contributed by atoms with E-state index in [0.29, 0.717) is 12.5 Å². The van der Waals surface area contributed by atoms with Crippen LogP contribution < -0.4 is 0 Å². The number of Topliss-reactive ketones (excluding diaryl/α,β-unsaturated/α-hetero) is 1. The topological polar surface area (TPSA) is 17.1 Å². The second kappa shape index (κ2) is 3.44. The number of ketones is 1. The summed E-state index contributed by atoms with van der Waals surface area (Å²) in [4.78, 5) is 11.1. The van der Waals surface area contributed by atoms with Gasteiger partial charge in [-0.05, 0) is 24.6 Å². The van der Waals surface area contributed by atoms with E-state index in [1.807, 2.05) is 0 Å². The van der Waals surface area contributed by atoms with Crippen LogP contribution in [0.2, 0.25) is 0 Å². The van der Waals surface area contributed by atoms with Crippen molar-refractivity contribution in [3.63, 3.8) is 0 Å². The smallest absolute Gasteiger partial charge is 0.287 e. The van der Waals surface area contributed by atoms with Crippen LogP contribution in [0.15, 0.2) is 18.2 Å². The number of hydrogen-bond acceptors (Lipinski definition) is 1. The fourth-order valence-electron chi connectivity index (χ4n) is 1.08. The van der Waals surface area contributed by atoms with Crippen molar-refractivity contribution in [3.05, 3.63) is 35.1 Å². The van der Waals surface area contributed by atoms with E-state index in [9.17, 15) is 18.0 Å². The average molecular weight is 202 g/mol. The summed E-state index contributed by atoms with van der Waals surface area (Å²) in [5.74, 6) is -5.50. The van der Waals surface area contributed by atoms with Crippen LogP contribution in [0.5, 0.6) is 0 Å².